The van der Waals surface area contributed by atoms with E-state index >= 15 is 0 Å². The molecule has 0 aliphatic carbocycles. The van der Waals surface area contributed by atoms with Gasteiger partial charge in [-0.25, -0.2) is 0 Å². The third kappa shape index (κ3) is 6.26. The number of anilines is 2. The Bertz CT molecular complexity index is 1210. The van der Waals surface area contributed by atoms with E-state index < -0.39 is 0 Å². The Hall–Kier alpha value is -3.92. The first-order chi connectivity index (χ1) is 17.7. The molecule has 0 spiro atoms. The van der Waals surface area contributed by atoms with Crippen LogP contribution in [0.3, 0.4) is 0 Å². The minimum atomic E-state index is 0.297. The molecule has 192 valence electrons. The van der Waals surface area contributed by atoms with Crippen LogP contribution in [-0.4, -0.2) is 0 Å². The fourth-order valence-corrected chi connectivity index (χ4v) is 4.93. The average molecular weight is 495 g/mol. The second kappa shape index (κ2) is 11.4. The number of hydrogen-bond donors (Lipinski definition) is 2. The monoisotopic (exact) mass is 494 g/mol. The van der Waals surface area contributed by atoms with Gasteiger partial charge in [0, 0.05) is 17.3 Å². The SMILES string of the molecule is CCCCC(c1cc(C)c(Oc2ccc(N)cc2)c(C)c1)c1cc(C)c(Oc2ccc(N)cc2)c(C)c1. The molecule has 0 aliphatic heterocycles. The lowest BCUT2D eigenvalue weighted by atomic mass is 9.84. The molecule has 4 aromatic carbocycles. The van der Waals surface area contributed by atoms with Crippen LogP contribution in [0.5, 0.6) is 23.0 Å². The van der Waals surface area contributed by atoms with Gasteiger partial charge >= 0.3 is 0 Å². The molecule has 0 saturated carbocycles. The van der Waals surface area contributed by atoms with Crippen LogP contribution in [0, 0.1) is 27.7 Å². The molecule has 0 atom stereocenters. The highest BCUT2D eigenvalue weighted by molar-refractivity contribution is 5.53. The summed E-state index contributed by atoms with van der Waals surface area (Å²) in [7, 11) is 0. The van der Waals surface area contributed by atoms with Crippen LogP contribution in [0.25, 0.3) is 0 Å². The fourth-order valence-electron chi connectivity index (χ4n) is 4.93. The van der Waals surface area contributed by atoms with Crippen LogP contribution in [-0.2, 0) is 0 Å². The van der Waals surface area contributed by atoms with Gasteiger partial charge in [0.05, 0.1) is 0 Å². The van der Waals surface area contributed by atoms with Crippen molar-refractivity contribution in [1.29, 1.82) is 0 Å². The average Bonchev–Trinajstić information content (AvgIpc) is 2.86. The molecule has 0 bridgehead atoms. The number of rotatable bonds is 9. The Labute approximate surface area is 221 Å². The van der Waals surface area contributed by atoms with Gasteiger partial charge in [0.15, 0.2) is 0 Å². The summed E-state index contributed by atoms with van der Waals surface area (Å²) < 4.78 is 12.5. The zero-order chi connectivity index (χ0) is 26.5. The highest BCUT2D eigenvalue weighted by Gasteiger charge is 2.20. The number of nitrogen functional groups attached to an aromatic ring is 2. The Morgan fingerprint density at radius 3 is 1.27 bits per heavy atom. The molecule has 37 heavy (non-hydrogen) atoms. The second-order valence-corrected chi connectivity index (χ2v) is 10.0. The van der Waals surface area contributed by atoms with Crippen LogP contribution in [0.1, 0.15) is 65.5 Å². The molecule has 0 amide bonds. The summed E-state index contributed by atoms with van der Waals surface area (Å²) in [6, 6.07) is 24.2. The smallest absolute Gasteiger partial charge is 0.133 e. The molecule has 4 heteroatoms. The Morgan fingerprint density at radius 1 is 0.595 bits per heavy atom. The molecular weight excluding hydrogens is 456 g/mol. The summed E-state index contributed by atoms with van der Waals surface area (Å²) in [4.78, 5) is 0. The molecule has 0 saturated heterocycles. The number of hydrogen-bond acceptors (Lipinski definition) is 4. The Balaban J connectivity index is 1.66. The predicted molar refractivity (Wildman–Crippen MR) is 155 cm³/mol. The highest BCUT2D eigenvalue weighted by atomic mass is 16.5. The minimum absolute atomic E-state index is 0.297. The molecule has 0 heterocycles. The van der Waals surface area contributed by atoms with Crippen molar-refractivity contribution in [3.63, 3.8) is 0 Å². The molecular formula is C33H38N2O2. The summed E-state index contributed by atoms with van der Waals surface area (Å²) >= 11 is 0. The topological polar surface area (TPSA) is 70.5 Å². The van der Waals surface area contributed by atoms with E-state index in [0.29, 0.717) is 5.92 Å². The van der Waals surface area contributed by atoms with Gasteiger partial charge < -0.3 is 20.9 Å². The maximum atomic E-state index is 6.25. The van der Waals surface area contributed by atoms with Gasteiger partial charge in [-0.1, -0.05) is 44.0 Å². The van der Waals surface area contributed by atoms with Crippen LogP contribution in [0.2, 0.25) is 0 Å². The van der Waals surface area contributed by atoms with Crippen LogP contribution < -0.4 is 20.9 Å². The Kier molecular flexibility index (Phi) is 8.08. The van der Waals surface area contributed by atoms with Gasteiger partial charge in [-0.3, -0.25) is 0 Å². The molecule has 0 aliphatic rings. The third-order valence-corrected chi connectivity index (χ3v) is 6.82. The van der Waals surface area contributed by atoms with Gasteiger partial charge in [-0.2, -0.15) is 0 Å². The largest absolute Gasteiger partial charge is 0.457 e. The Morgan fingerprint density at radius 2 is 0.946 bits per heavy atom. The van der Waals surface area contributed by atoms with Crippen LogP contribution >= 0.6 is 0 Å². The predicted octanol–water partition coefficient (Wildman–Crippen LogP) is 8.99. The minimum Gasteiger partial charge on any atom is -0.457 e. The summed E-state index contributed by atoms with van der Waals surface area (Å²) in [5.74, 6) is 3.69. The zero-order valence-corrected chi connectivity index (χ0v) is 22.6. The quantitative estimate of drug-likeness (QED) is 0.228. The summed E-state index contributed by atoms with van der Waals surface area (Å²) in [5.41, 5.74) is 20.3. The van der Waals surface area contributed by atoms with Gasteiger partial charge in [-0.15, -0.1) is 0 Å². The first-order valence-corrected chi connectivity index (χ1v) is 13.0. The maximum absolute atomic E-state index is 6.25. The van der Waals surface area contributed by atoms with Crippen molar-refractivity contribution in [2.24, 2.45) is 0 Å². The van der Waals surface area contributed by atoms with Gasteiger partial charge in [0.25, 0.3) is 0 Å². The van der Waals surface area contributed by atoms with E-state index in [4.69, 9.17) is 20.9 Å². The van der Waals surface area contributed by atoms with Gasteiger partial charge in [0.2, 0.25) is 0 Å². The van der Waals surface area contributed by atoms with E-state index in [1.165, 1.54) is 11.1 Å². The normalized spacial score (nSPS) is 11.1. The van der Waals surface area contributed by atoms with E-state index in [1.54, 1.807) is 0 Å². The molecule has 0 unspecified atom stereocenters. The van der Waals surface area contributed by atoms with E-state index in [1.807, 2.05) is 48.5 Å². The molecule has 0 fully saturated rings. The molecule has 4 N–H and O–H groups in total. The summed E-state index contributed by atoms with van der Waals surface area (Å²) in [5, 5.41) is 0. The van der Waals surface area contributed by atoms with Crippen molar-refractivity contribution >= 4 is 11.4 Å². The lowest BCUT2D eigenvalue weighted by molar-refractivity contribution is 0.474. The molecule has 4 aromatic rings. The van der Waals surface area contributed by atoms with Crippen molar-refractivity contribution in [1.82, 2.24) is 0 Å². The number of unbranched alkanes of at least 4 members (excludes halogenated alkanes) is 1. The second-order valence-electron chi connectivity index (χ2n) is 10.0. The van der Waals surface area contributed by atoms with Crippen molar-refractivity contribution in [3.05, 3.63) is 106 Å². The zero-order valence-electron chi connectivity index (χ0n) is 22.6. The van der Waals surface area contributed by atoms with Gasteiger partial charge in [-0.05, 0) is 116 Å². The summed E-state index contributed by atoms with van der Waals surface area (Å²) in [6.45, 7) is 10.7. The van der Waals surface area contributed by atoms with E-state index in [0.717, 1.165) is 75.9 Å². The first-order valence-electron chi connectivity index (χ1n) is 13.0. The highest BCUT2D eigenvalue weighted by Crippen LogP contribution is 2.39. The van der Waals surface area contributed by atoms with E-state index in [-0.39, 0.29) is 0 Å². The fraction of sp³-hybridized carbons (Fsp3) is 0.273. The number of aryl methyl sites for hydroxylation is 4. The molecule has 4 rings (SSSR count). The third-order valence-electron chi connectivity index (χ3n) is 6.82. The van der Waals surface area contributed by atoms with Crippen molar-refractivity contribution in [3.8, 4) is 23.0 Å². The van der Waals surface area contributed by atoms with E-state index in [2.05, 4.69) is 58.9 Å². The number of nitrogens with two attached hydrogens (primary N) is 2. The van der Waals surface area contributed by atoms with Crippen LogP contribution in [0.4, 0.5) is 11.4 Å². The maximum Gasteiger partial charge on any atom is 0.133 e. The lowest BCUT2D eigenvalue weighted by Crippen LogP contribution is -2.05. The first kappa shape index (κ1) is 26.2. The van der Waals surface area contributed by atoms with Crippen molar-refractivity contribution in [2.45, 2.75) is 59.8 Å². The number of ether oxygens (including phenoxy) is 2. The number of benzene rings is 4. The van der Waals surface area contributed by atoms with Crippen molar-refractivity contribution in [2.75, 3.05) is 11.5 Å². The van der Waals surface area contributed by atoms with Gasteiger partial charge in [0.1, 0.15) is 23.0 Å². The standard InChI is InChI=1S/C33H38N2O2/c1-6-7-8-31(25-17-21(2)32(22(3)18-25)36-29-13-9-27(34)10-14-29)26-19-23(4)33(24(5)20-26)37-30-15-11-28(35)12-16-30/h9-20,31H,6-8,34-35H2,1-5H3. The molecule has 4 nitrogen and oxygen atoms in total. The van der Waals surface area contributed by atoms with E-state index in [9.17, 15) is 0 Å². The van der Waals surface area contributed by atoms with Crippen molar-refractivity contribution < 1.29 is 9.47 Å². The molecule has 0 aromatic heterocycles. The molecule has 0 radical (unpaired) electrons. The van der Waals surface area contributed by atoms with Crippen LogP contribution in [0.15, 0.2) is 72.8 Å². The summed E-state index contributed by atoms with van der Waals surface area (Å²) in [6.07, 6.45) is 3.40. The lowest BCUT2D eigenvalue weighted by Gasteiger charge is -2.23.